The van der Waals surface area contributed by atoms with Crippen LogP contribution in [-0.2, 0) is 0 Å². The van der Waals surface area contributed by atoms with Crippen LogP contribution in [0.25, 0.3) is 0 Å². The monoisotopic (exact) mass is 244 g/mol. The van der Waals surface area contributed by atoms with Crippen LogP contribution < -0.4 is 20.5 Å². The molecule has 1 aliphatic rings. The molecule has 0 aromatic heterocycles. The molecule has 0 radical (unpaired) electrons. The number of nitrogens with two attached hydrogens (primary N) is 1. The smallest absolute Gasteiger partial charge is 0.409 e. The lowest BCUT2D eigenvalue weighted by molar-refractivity contribution is 0.173. The molecule has 2 rings (SSSR count). The Kier molecular flexibility index (Phi) is 2.66. The summed E-state index contributed by atoms with van der Waals surface area (Å²) in [6, 6.07) is 1.39. The third-order valence-electron chi connectivity index (χ3n) is 2.04. The van der Waals surface area contributed by atoms with Crippen molar-refractivity contribution in [3.8, 4) is 11.5 Å². The van der Waals surface area contributed by atoms with E-state index in [0.29, 0.717) is 13.2 Å². The predicted octanol–water partition coefficient (Wildman–Crippen LogP) is 1.78. The normalized spacial score (nSPS) is 13.3. The molecule has 0 unspecified atom stereocenters. The molecule has 0 saturated carbocycles. The highest BCUT2D eigenvalue weighted by Gasteiger charge is 2.22. The molecular weight excluding hydrogens is 236 g/mol. The SMILES string of the molecule is Nc1c(Cl)cc(NC(=O)O)c2c1OCCO2. The quantitative estimate of drug-likeness (QED) is 0.655. The number of carbonyl (C=O) groups is 1. The number of anilines is 2. The fourth-order valence-corrected chi connectivity index (χ4v) is 1.60. The first-order valence-electron chi connectivity index (χ1n) is 4.47. The van der Waals surface area contributed by atoms with Crippen molar-refractivity contribution in [2.24, 2.45) is 0 Å². The van der Waals surface area contributed by atoms with Gasteiger partial charge in [-0.3, -0.25) is 5.32 Å². The molecule has 1 heterocycles. The van der Waals surface area contributed by atoms with Gasteiger partial charge in [0.25, 0.3) is 0 Å². The van der Waals surface area contributed by atoms with Gasteiger partial charge in [0.15, 0.2) is 11.5 Å². The largest absolute Gasteiger partial charge is 0.484 e. The molecule has 1 amide bonds. The van der Waals surface area contributed by atoms with Gasteiger partial charge in [0.1, 0.15) is 13.2 Å². The Morgan fingerprint density at radius 3 is 2.69 bits per heavy atom. The number of amides is 1. The lowest BCUT2D eigenvalue weighted by atomic mass is 10.2. The summed E-state index contributed by atoms with van der Waals surface area (Å²) in [4.78, 5) is 10.6. The number of carboxylic acid groups (broad SMARTS) is 1. The second-order valence-electron chi connectivity index (χ2n) is 3.10. The van der Waals surface area contributed by atoms with Crippen molar-refractivity contribution in [3.05, 3.63) is 11.1 Å². The van der Waals surface area contributed by atoms with Gasteiger partial charge in [-0.2, -0.15) is 0 Å². The van der Waals surface area contributed by atoms with E-state index in [9.17, 15) is 4.79 Å². The zero-order valence-corrected chi connectivity index (χ0v) is 8.87. The van der Waals surface area contributed by atoms with E-state index in [2.05, 4.69) is 5.32 Å². The number of ether oxygens (including phenoxy) is 2. The zero-order chi connectivity index (χ0) is 11.7. The van der Waals surface area contributed by atoms with Gasteiger partial charge in [0.2, 0.25) is 0 Å². The van der Waals surface area contributed by atoms with E-state index >= 15 is 0 Å². The van der Waals surface area contributed by atoms with Crippen LogP contribution in [0.1, 0.15) is 0 Å². The molecule has 0 fully saturated rings. The van der Waals surface area contributed by atoms with Crippen molar-refractivity contribution in [2.75, 3.05) is 24.3 Å². The fraction of sp³-hybridized carbons (Fsp3) is 0.222. The van der Waals surface area contributed by atoms with Crippen molar-refractivity contribution in [1.29, 1.82) is 0 Å². The summed E-state index contributed by atoms with van der Waals surface area (Å²) in [6.07, 6.45) is -1.21. The highest BCUT2D eigenvalue weighted by Crippen LogP contribution is 2.45. The van der Waals surface area contributed by atoms with Gasteiger partial charge in [-0.25, -0.2) is 4.79 Å². The van der Waals surface area contributed by atoms with Crippen LogP contribution >= 0.6 is 11.6 Å². The molecule has 1 aromatic carbocycles. The van der Waals surface area contributed by atoms with E-state index in [4.69, 9.17) is 31.9 Å². The summed E-state index contributed by atoms with van der Waals surface area (Å²) >= 11 is 5.84. The first kappa shape index (κ1) is 10.7. The number of fused-ring (bicyclic) bond motifs is 1. The van der Waals surface area contributed by atoms with Gasteiger partial charge in [0, 0.05) is 0 Å². The number of hydrogen-bond acceptors (Lipinski definition) is 4. The third-order valence-corrected chi connectivity index (χ3v) is 2.35. The maximum Gasteiger partial charge on any atom is 0.409 e. The summed E-state index contributed by atoms with van der Waals surface area (Å²) in [5.74, 6) is 0.554. The summed E-state index contributed by atoms with van der Waals surface area (Å²) in [5.41, 5.74) is 6.16. The van der Waals surface area contributed by atoms with Crippen molar-refractivity contribution in [2.45, 2.75) is 0 Å². The fourth-order valence-electron chi connectivity index (χ4n) is 1.41. The van der Waals surface area contributed by atoms with Gasteiger partial charge in [-0.1, -0.05) is 11.6 Å². The molecule has 1 aromatic rings. The molecule has 7 heteroatoms. The van der Waals surface area contributed by atoms with E-state index in [1.54, 1.807) is 0 Å². The Labute approximate surface area is 95.9 Å². The molecule has 0 spiro atoms. The van der Waals surface area contributed by atoms with E-state index < -0.39 is 6.09 Å². The maximum absolute atomic E-state index is 10.6. The number of halogens is 1. The number of nitrogens with one attached hydrogen (secondary N) is 1. The molecule has 4 N–H and O–H groups in total. The number of nitrogen functional groups attached to an aromatic ring is 1. The minimum Gasteiger partial charge on any atom is -0.484 e. The van der Waals surface area contributed by atoms with Crippen LogP contribution in [0.4, 0.5) is 16.2 Å². The molecule has 1 aliphatic heterocycles. The first-order valence-corrected chi connectivity index (χ1v) is 4.85. The zero-order valence-electron chi connectivity index (χ0n) is 8.12. The molecule has 0 atom stereocenters. The Morgan fingerprint density at radius 2 is 2.06 bits per heavy atom. The average Bonchev–Trinajstić information content (AvgIpc) is 2.25. The van der Waals surface area contributed by atoms with Crippen molar-refractivity contribution in [3.63, 3.8) is 0 Å². The Bertz CT molecular complexity index is 450. The summed E-state index contributed by atoms with van der Waals surface area (Å²) in [6.45, 7) is 0.687. The highest BCUT2D eigenvalue weighted by molar-refractivity contribution is 6.34. The third kappa shape index (κ3) is 1.79. The van der Waals surface area contributed by atoms with E-state index in [1.807, 2.05) is 0 Å². The lowest BCUT2D eigenvalue weighted by Crippen LogP contribution is -2.19. The van der Waals surface area contributed by atoms with Crippen LogP contribution in [0.3, 0.4) is 0 Å². The van der Waals surface area contributed by atoms with Crippen LogP contribution in [0, 0.1) is 0 Å². The van der Waals surface area contributed by atoms with Gasteiger partial charge >= 0.3 is 6.09 Å². The minimum absolute atomic E-state index is 0.216. The second-order valence-corrected chi connectivity index (χ2v) is 3.51. The average molecular weight is 245 g/mol. The van der Waals surface area contributed by atoms with Gasteiger partial charge in [-0.15, -0.1) is 0 Å². The van der Waals surface area contributed by atoms with E-state index in [0.717, 1.165) is 0 Å². The second kappa shape index (κ2) is 3.97. The summed E-state index contributed by atoms with van der Waals surface area (Å²) in [7, 11) is 0. The minimum atomic E-state index is -1.21. The standard InChI is InChI=1S/C9H9ClN2O4/c10-4-3-5(12-9(13)14)7-8(6(4)11)16-2-1-15-7/h3,12H,1-2,11H2,(H,13,14). The molecule has 0 aliphatic carbocycles. The molecule has 86 valence electrons. The molecule has 0 bridgehead atoms. The van der Waals surface area contributed by atoms with Crippen LogP contribution in [0.5, 0.6) is 11.5 Å². The summed E-state index contributed by atoms with van der Waals surface area (Å²) in [5, 5.41) is 11.0. The number of hydrogen-bond donors (Lipinski definition) is 3. The molecule has 0 saturated heterocycles. The molecular formula is C9H9ClN2O4. The van der Waals surface area contributed by atoms with Gasteiger partial charge < -0.3 is 20.3 Å². The van der Waals surface area contributed by atoms with Crippen LogP contribution in [0.2, 0.25) is 5.02 Å². The van der Waals surface area contributed by atoms with Crippen molar-refractivity contribution in [1.82, 2.24) is 0 Å². The van der Waals surface area contributed by atoms with Crippen molar-refractivity contribution < 1.29 is 19.4 Å². The van der Waals surface area contributed by atoms with E-state index in [-0.39, 0.29) is 27.9 Å². The maximum atomic E-state index is 10.6. The number of benzene rings is 1. The summed E-state index contributed by atoms with van der Waals surface area (Å²) < 4.78 is 10.6. The first-order chi connectivity index (χ1) is 7.59. The highest BCUT2D eigenvalue weighted by atomic mass is 35.5. The van der Waals surface area contributed by atoms with E-state index in [1.165, 1.54) is 6.07 Å². The number of rotatable bonds is 1. The molecule has 16 heavy (non-hydrogen) atoms. The van der Waals surface area contributed by atoms with Crippen LogP contribution in [-0.4, -0.2) is 24.4 Å². The topological polar surface area (TPSA) is 93.8 Å². The Morgan fingerprint density at radius 1 is 1.44 bits per heavy atom. The Balaban J connectivity index is 2.52. The molecule has 6 nitrogen and oxygen atoms in total. The van der Waals surface area contributed by atoms with Gasteiger partial charge in [-0.05, 0) is 6.07 Å². The Hall–Kier alpha value is -1.82. The lowest BCUT2D eigenvalue weighted by Gasteiger charge is -2.22. The predicted molar refractivity (Wildman–Crippen MR) is 58.5 cm³/mol. The van der Waals surface area contributed by atoms with Crippen molar-refractivity contribution >= 4 is 29.1 Å². The van der Waals surface area contributed by atoms with Gasteiger partial charge in [0.05, 0.1) is 16.4 Å². The van der Waals surface area contributed by atoms with Crippen LogP contribution in [0.15, 0.2) is 6.07 Å².